The molecule has 1 N–H and O–H groups in total. The summed E-state index contributed by atoms with van der Waals surface area (Å²) >= 11 is 5.71. The molecule has 0 atom stereocenters. The van der Waals surface area contributed by atoms with Crippen molar-refractivity contribution in [2.45, 2.75) is 49.5 Å². The number of piperidine rings is 1. The summed E-state index contributed by atoms with van der Waals surface area (Å²) in [7, 11) is -3.74. The molecule has 1 aromatic heterocycles. The largest absolute Gasteiger partial charge is 0.355 e. The molecule has 0 bridgehead atoms. The van der Waals surface area contributed by atoms with Crippen molar-refractivity contribution >= 4 is 27.4 Å². The summed E-state index contributed by atoms with van der Waals surface area (Å²) in [6, 6.07) is 5.37. The topological polar surface area (TPSA) is 75.2 Å². The van der Waals surface area contributed by atoms with Crippen molar-refractivity contribution in [3.05, 3.63) is 46.4 Å². The molecule has 0 saturated carbocycles. The summed E-state index contributed by atoms with van der Waals surface area (Å²) in [5.41, 5.74) is 2.39. The van der Waals surface area contributed by atoms with Crippen molar-refractivity contribution in [1.82, 2.24) is 14.9 Å². The van der Waals surface area contributed by atoms with Crippen LogP contribution in [-0.4, -0.2) is 37.7 Å². The van der Waals surface area contributed by atoms with E-state index in [9.17, 15) is 12.8 Å². The molecule has 1 fully saturated rings. The lowest BCUT2D eigenvalue weighted by atomic mass is 9.96. The minimum absolute atomic E-state index is 0.0260. The summed E-state index contributed by atoms with van der Waals surface area (Å²) in [4.78, 5) is 2.13. The fraction of sp³-hybridized carbons (Fsp3) is 0.474. The Labute approximate surface area is 169 Å². The molecule has 9 heteroatoms. The first-order chi connectivity index (χ1) is 13.4. The number of aryl methyl sites for hydroxylation is 2. The molecule has 1 saturated heterocycles. The maximum atomic E-state index is 13.3. The summed E-state index contributed by atoms with van der Waals surface area (Å²) in [6.07, 6.45) is 5.73. The van der Waals surface area contributed by atoms with E-state index in [0.717, 1.165) is 36.5 Å². The highest BCUT2D eigenvalue weighted by Gasteiger charge is 2.26. The molecule has 2 aliphatic rings. The fourth-order valence-corrected chi connectivity index (χ4v) is 5.37. The van der Waals surface area contributed by atoms with Gasteiger partial charge in [-0.3, -0.25) is 0 Å². The molecule has 1 aliphatic heterocycles. The number of hydrogen-bond acceptors (Lipinski definition) is 5. The van der Waals surface area contributed by atoms with Gasteiger partial charge in [-0.2, -0.15) is 5.10 Å². The van der Waals surface area contributed by atoms with E-state index in [1.54, 1.807) is 0 Å². The SMILES string of the molecule is O=S(=O)(NC1CCN(c2cc3c(nn2)CCCC3)CC1)c1ccc(F)c(Cl)c1. The number of nitrogens with zero attached hydrogens (tertiary/aromatic N) is 3. The van der Waals surface area contributed by atoms with E-state index in [-0.39, 0.29) is 16.0 Å². The zero-order valence-electron chi connectivity index (χ0n) is 15.4. The van der Waals surface area contributed by atoms with Crippen LogP contribution in [0.1, 0.15) is 36.9 Å². The summed E-state index contributed by atoms with van der Waals surface area (Å²) in [6.45, 7) is 1.40. The average Bonchev–Trinajstić information content (AvgIpc) is 2.70. The number of nitrogens with one attached hydrogen (secondary N) is 1. The van der Waals surface area contributed by atoms with Gasteiger partial charge in [0.05, 0.1) is 15.6 Å². The third-order valence-electron chi connectivity index (χ3n) is 5.40. The quantitative estimate of drug-likeness (QED) is 0.816. The molecule has 0 spiro atoms. The lowest BCUT2D eigenvalue weighted by Gasteiger charge is -2.33. The number of aromatic nitrogens is 2. The highest BCUT2D eigenvalue weighted by Crippen LogP contribution is 2.25. The monoisotopic (exact) mass is 424 g/mol. The number of halogens is 2. The molecule has 1 aliphatic carbocycles. The number of anilines is 1. The number of sulfonamides is 1. The van der Waals surface area contributed by atoms with Gasteiger partial charge in [-0.15, -0.1) is 5.10 Å². The first kappa shape index (κ1) is 19.5. The Morgan fingerprint density at radius 2 is 1.86 bits per heavy atom. The molecule has 0 unspecified atom stereocenters. The number of fused-ring (bicyclic) bond motifs is 1. The van der Waals surface area contributed by atoms with Crippen molar-refractivity contribution in [2.75, 3.05) is 18.0 Å². The number of rotatable bonds is 4. The van der Waals surface area contributed by atoms with Gasteiger partial charge in [0.25, 0.3) is 0 Å². The third-order valence-corrected chi connectivity index (χ3v) is 7.21. The molecule has 0 radical (unpaired) electrons. The summed E-state index contributed by atoms with van der Waals surface area (Å²) in [5.74, 6) is 0.229. The lowest BCUT2D eigenvalue weighted by Crippen LogP contribution is -2.45. The molecule has 28 heavy (non-hydrogen) atoms. The first-order valence-electron chi connectivity index (χ1n) is 9.50. The standard InChI is InChI=1S/C19H22ClFN4O2S/c20-16-12-15(5-6-17(16)21)28(26,27)24-14-7-9-25(10-8-14)19-11-13-3-1-2-4-18(13)22-23-19/h5-6,11-12,14,24H,1-4,7-10H2. The predicted octanol–water partition coefficient (Wildman–Crippen LogP) is 3.10. The van der Waals surface area contributed by atoms with E-state index in [4.69, 9.17) is 11.6 Å². The van der Waals surface area contributed by atoms with Gasteiger partial charge in [0.1, 0.15) is 5.82 Å². The van der Waals surface area contributed by atoms with Crippen molar-refractivity contribution in [2.24, 2.45) is 0 Å². The van der Waals surface area contributed by atoms with Gasteiger partial charge in [0.15, 0.2) is 5.82 Å². The van der Waals surface area contributed by atoms with E-state index in [2.05, 4.69) is 25.9 Å². The van der Waals surface area contributed by atoms with Gasteiger partial charge in [-0.05, 0) is 68.4 Å². The van der Waals surface area contributed by atoms with Gasteiger partial charge >= 0.3 is 0 Å². The van der Waals surface area contributed by atoms with Gasteiger partial charge in [0, 0.05) is 19.1 Å². The number of hydrogen-bond donors (Lipinski definition) is 1. The van der Waals surface area contributed by atoms with Crippen molar-refractivity contribution in [3.8, 4) is 0 Å². The summed E-state index contributed by atoms with van der Waals surface area (Å²) in [5, 5.41) is 8.54. The van der Waals surface area contributed by atoms with Gasteiger partial charge in [-0.25, -0.2) is 17.5 Å². The zero-order chi connectivity index (χ0) is 19.7. The molecular formula is C19H22ClFN4O2S. The van der Waals surface area contributed by atoms with Crippen LogP contribution in [0.5, 0.6) is 0 Å². The highest BCUT2D eigenvalue weighted by atomic mass is 35.5. The van der Waals surface area contributed by atoms with Crippen LogP contribution in [-0.2, 0) is 22.9 Å². The van der Waals surface area contributed by atoms with E-state index in [0.29, 0.717) is 25.9 Å². The van der Waals surface area contributed by atoms with Crippen LogP contribution in [0.3, 0.4) is 0 Å². The van der Waals surface area contributed by atoms with E-state index in [1.165, 1.54) is 24.5 Å². The van der Waals surface area contributed by atoms with Crippen LogP contribution in [0.2, 0.25) is 5.02 Å². The normalized spacial score (nSPS) is 18.1. The van der Waals surface area contributed by atoms with Crippen molar-refractivity contribution in [3.63, 3.8) is 0 Å². The van der Waals surface area contributed by atoms with Gasteiger partial charge in [-0.1, -0.05) is 11.6 Å². The van der Waals surface area contributed by atoms with Gasteiger partial charge in [0.2, 0.25) is 10.0 Å². The fourth-order valence-electron chi connectivity index (χ4n) is 3.79. The highest BCUT2D eigenvalue weighted by molar-refractivity contribution is 7.89. The molecule has 2 aromatic rings. The Morgan fingerprint density at radius 1 is 1.11 bits per heavy atom. The first-order valence-corrected chi connectivity index (χ1v) is 11.4. The Balaban J connectivity index is 1.39. The second-order valence-electron chi connectivity index (χ2n) is 7.34. The minimum atomic E-state index is -3.74. The third kappa shape index (κ3) is 4.14. The van der Waals surface area contributed by atoms with E-state index in [1.807, 2.05) is 0 Å². The molecule has 2 heterocycles. The molecule has 4 rings (SSSR count). The van der Waals surface area contributed by atoms with Crippen molar-refractivity contribution in [1.29, 1.82) is 0 Å². The Kier molecular flexibility index (Phi) is 5.53. The van der Waals surface area contributed by atoms with Crippen LogP contribution < -0.4 is 9.62 Å². The lowest BCUT2D eigenvalue weighted by molar-refractivity contribution is 0.457. The second-order valence-corrected chi connectivity index (χ2v) is 9.46. The molecule has 0 amide bonds. The molecular weight excluding hydrogens is 403 g/mol. The smallest absolute Gasteiger partial charge is 0.240 e. The number of benzene rings is 1. The van der Waals surface area contributed by atoms with Crippen LogP contribution in [0.15, 0.2) is 29.2 Å². The van der Waals surface area contributed by atoms with Gasteiger partial charge < -0.3 is 4.90 Å². The molecule has 1 aromatic carbocycles. The molecule has 6 nitrogen and oxygen atoms in total. The van der Waals surface area contributed by atoms with E-state index >= 15 is 0 Å². The second kappa shape index (κ2) is 7.93. The average molecular weight is 425 g/mol. The molecule has 150 valence electrons. The minimum Gasteiger partial charge on any atom is -0.355 e. The van der Waals surface area contributed by atoms with Crippen LogP contribution in [0.25, 0.3) is 0 Å². The Hall–Kier alpha value is -1.77. The van der Waals surface area contributed by atoms with Crippen LogP contribution in [0, 0.1) is 5.82 Å². The van der Waals surface area contributed by atoms with E-state index < -0.39 is 15.8 Å². The maximum absolute atomic E-state index is 13.3. The predicted molar refractivity (Wildman–Crippen MR) is 106 cm³/mol. The Morgan fingerprint density at radius 3 is 2.61 bits per heavy atom. The summed E-state index contributed by atoms with van der Waals surface area (Å²) < 4.78 is 41.1. The maximum Gasteiger partial charge on any atom is 0.240 e. The Bertz CT molecular complexity index is 978. The van der Waals surface area contributed by atoms with Crippen LogP contribution >= 0.6 is 11.6 Å². The van der Waals surface area contributed by atoms with Crippen LogP contribution in [0.4, 0.5) is 10.2 Å². The zero-order valence-corrected chi connectivity index (χ0v) is 16.9. The van der Waals surface area contributed by atoms with Crippen molar-refractivity contribution < 1.29 is 12.8 Å².